The molecule has 0 amide bonds. The Morgan fingerprint density at radius 2 is 1.43 bits per heavy atom. The van der Waals surface area contributed by atoms with E-state index in [1.165, 1.54) is 13.8 Å². The lowest BCUT2D eigenvalue weighted by atomic mass is 10.0. The molecule has 150 valence electrons. The van der Waals surface area contributed by atoms with Gasteiger partial charge < -0.3 is 24.1 Å². The van der Waals surface area contributed by atoms with E-state index in [-0.39, 0.29) is 13.2 Å². The number of aliphatic hydroxyl groups is 1. The fourth-order valence-electron chi connectivity index (χ4n) is 2.75. The van der Waals surface area contributed by atoms with Crippen molar-refractivity contribution in [3.63, 3.8) is 0 Å². The van der Waals surface area contributed by atoms with E-state index in [2.05, 4.69) is 0 Å². The average molecular weight is 386 g/mol. The molecular weight excluding hydrogens is 360 g/mol. The molecule has 0 spiro atoms. The molecule has 0 radical (unpaired) electrons. The number of hydrogen-bond acceptors (Lipinski definition) is 6. The molecule has 0 unspecified atom stereocenters. The van der Waals surface area contributed by atoms with Crippen molar-refractivity contribution in [2.75, 3.05) is 0 Å². The molecule has 0 heterocycles. The number of ether oxygens (including phenoxy) is 3. The van der Waals surface area contributed by atoms with E-state index in [9.17, 15) is 14.7 Å². The van der Waals surface area contributed by atoms with Crippen molar-refractivity contribution < 1.29 is 28.9 Å². The Labute approximate surface area is 165 Å². The maximum absolute atomic E-state index is 11.8. The minimum atomic E-state index is -1.05. The molecule has 0 bridgehead atoms. The van der Waals surface area contributed by atoms with E-state index in [1.807, 2.05) is 60.7 Å². The zero-order chi connectivity index (χ0) is 20.4. The molecule has 2 aromatic rings. The topological polar surface area (TPSA) is 82.1 Å². The van der Waals surface area contributed by atoms with Crippen molar-refractivity contribution in [2.45, 2.75) is 51.5 Å². The Bertz CT molecular complexity index is 716. The summed E-state index contributed by atoms with van der Waals surface area (Å²) in [6.45, 7) is 3.08. The number of rotatable bonds is 11. The highest BCUT2D eigenvalue weighted by Gasteiger charge is 2.36. The second-order valence-electron chi connectivity index (χ2n) is 6.47. The van der Waals surface area contributed by atoms with E-state index in [4.69, 9.17) is 14.2 Å². The van der Waals surface area contributed by atoms with Gasteiger partial charge in [-0.05, 0) is 18.1 Å². The predicted octanol–water partition coefficient (Wildman–Crippen LogP) is 2.67. The maximum atomic E-state index is 11.8. The van der Waals surface area contributed by atoms with Crippen LogP contribution in [0.1, 0.15) is 25.0 Å². The number of carbonyl (C=O) groups excluding carboxylic acids is 2. The Balaban J connectivity index is 2.17. The van der Waals surface area contributed by atoms with Crippen LogP contribution in [0.3, 0.4) is 0 Å². The molecule has 0 saturated carbocycles. The summed E-state index contributed by atoms with van der Waals surface area (Å²) < 4.78 is 16.9. The van der Waals surface area contributed by atoms with E-state index < -0.39 is 30.4 Å². The monoisotopic (exact) mass is 386 g/mol. The zero-order valence-corrected chi connectivity index (χ0v) is 16.1. The molecule has 0 aliphatic heterocycles. The van der Waals surface area contributed by atoms with Gasteiger partial charge in [-0.25, -0.2) is 0 Å². The van der Waals surface area contributed by atoms with Crippen LogP contribution < -0.4 is 0 Å². The summed E-state index contributed by atoms with van der Waals surface area (Å²) in [5.41, 5.74) is 1.77. The summed E-state index contributed by atoms with van der Waals surface area (Å²) in [6, 6.07) is 18.8. The van der Waals surface area contributed by atoms with Gasteiger partial charge in [0.05, 0.1) is 19.3 Å². The van der Waals surface area contributed by atoms with Gasteiger partial charge in [0.15, 0.2) is 12.4 Å². The van der Waals surface area contributed by atoms with E-state index in [0.29, 0.717) is 6.29 Å². The number of hydrogen-bond donors (Lipinski definition) is 1. The molecule has 6 nitrogen and oxygen atoms in total. The van der Waals surface area contributed by atoms with Gasteiger partial charge >= 0.3 is 5.97 Å². The molecule has 28 heavy (non-hydrogen) atoms. The largest absolute Gasteiger partial charge is 0.457 e. The minimum Gasteiger partial charge on any atom is -0.457 e. The molecule has 0 fully saturated rings. The smallest absolute Gasteiger partial charge is 0.303 e. The van der Waals surface area contributed by atoms with Gasteiger partial charge in [0.25, 0.3) is 0 Å². The second-order valence-corrected chi connectivity index (χ2v) is 6.47. The number of carbonyl (C=O) groups is 2. The molecule has 6 heteroatoms. The molecule has 0 aliphatic rings. The normalized spacial score (nSPS) is 15.2. The average Bonchev–Trinajstić information content (AvgIpc) is 2.70. The van der Waals surface area contributed by atoms with Gasteiger partial charge in [0.2, 0.25) is 0 Å². The molecule has 0 aromatic heterocycles. The quantitative estimate of drug-likeness (QED) is 0.472. The molecule has 2 rings (SSSR count). The van der Waals surface area contributed by atoms with Crippen LogP contribution in [0.2, 0.25) is 0 Å². The molecule has 0 aliphatic carbocycles. The lowest BCUT2D eigenvalue weighted by Crippen LogP contribution is -2.49. The Hall–Kier alpha value is -2.54. The van der Waals surface area contributed by atoms with Gasteiger partial charge in [-0.3, -0.25) is 4.79 Å². The van der Waals surface area contributed by atoms with Crippen molar-refractivity contribution in [3.05, 3.63) is 71.8 Å². The highest BCUT2D eigenvalue weighted by molar-refractivity contribution is 5.66. The van der Waals surface area contributed by atoms with Crippen LogP contribution in [-0.4, -0.2) is 41.8 Å². The summed E-state index contributed by atoms with van der Waals surface area (Å²) in [5.74, 6) is -0.577. The van der Waals surface area contributed by atoms with E-state index in [0.717, 1.165) is 11.1 Å². The fraction of sp³-hybridized carbons (Fsp3) is 0.364. The number of esters is 1. The van der Waals surface area contributed by atoms with Crippen molar-refractivity contribution in [3.8, 4) is 0 Å². The third-order valence-corrected chi connectivity index (χ3v) is 4.13. The summed E-state index contributed by atoms with van der Waals surface area (Å²) in [7, 11) is 0. The molecule has 1 N–H and O–H groups in total. The first-order valence-electron chi connectivity index (χ1n) is 9.13. The number of aldehydes is 1. The lowest BCUT2D eigenvalue weighted by Gasteiger charge is -2.32. The summed E-state index contributed by atoms with van der Waals surface area (Å²) in [6.07, 6.45) is -3.48. The maximum Gasteiger partial charge on any atom is 0.303 e. The Kier molecular flexibility index (Phi) is 8.81. The first-order chi connectivity index (χ1) is 13.5. The van der Waals surface area contributed by atoms with Crippen LogP contribution in [0.25, 0.3) is 0 Å². The Morgan fingerprint density at radius 1 is 0.929 bits per heavy atom. The fourth-order valence-corrected chi connectivity index (χ4v) is 2.75. The second kappa shape index (κ2) is 11.3. The molecule has 0 saturated heterocycles. The van der Waals surface area contributed by atoms with Crippen LogP contribution in [0.4, 0.5) is 0 Å². The van der Waals surface area contributed by atoms with Gasteiger partial charge in [0, 0.05) is 6.92 Å². The van der Waals surface area contributed by atoms with Gasteiger partial charge in [-0.1, -0.05) is 60.7 Å². The highest BCUT2D eigenvalue weighted by atomic mass is 16.6. The van der Waals surface area contributed by atoms with Crippen LogP contribution in [0.5, 0.6) is 0 Å². The molecule has 4 atom stereocenters. The molecule has 2 aromatic carbocycles. The molecular formula is C22H26O6. The van der Waals surface area contributed by atoms with Gasteiger partial charge in [-0.2, -0.15) is 0 Å². The van der Waals surface area contributed by atoms with Crippen molar-refractivity contribution >= 4 is 12.3 Å². The van der Waals surface area contributed by atoms with Crippen LogP contribution in [-0.2, 0) is 37.0 Å². The van der Waals surface area contributed by atoms with Crippen LogP contribution >= 0.6 is 0 Å². The van der Waals surface area contributed by atoms with E-state index in [1.54, 1.807) is 0 Å². The summed E-state index contributed by atoms with van der Waals surface area (Å²) in [5, 5.41) is 10.1. The highest BCUT2D eigenvalue weighted by Crippen LogP contribution is 2.18. The summed E-state index contributed by atoms with van der Waals surface area (Å²) >= 11 is 0. The minimum absolute atomic E-state index is 0.176. The van der Waals surface area contributed by atoms with E-state index >= 15 is 0 Å². The number of aliphatic hydroxyl groups excluding tert-OH is 1. The summed E-state index contributed by atoms with van der Waals surface area (Å²) in [4.78, 5) is 23.3. The SMILES string of the molecule is CC(=O)O[C@H]([C@@H](OCc1ccccc1)[C@H](C=O)OCc1ccccc1)[C@H](C)O. The zero-order valence-electron chi connectivity index (χ0n) is 16.1. The third-order valence-electron chi connectivity index (χ3n) is 4.13. The Morgan fingerprint density at radius 3 is 1.86 bits per heavy atom. The first kappa shape index (κ1) is 21.8. The lowest BCUT2D eigenvalue weighted by molar-refractivity contribution is -0.184. The van der Waals surface area contributed by atoms with Gasteiger partial charge in [0.1, 0.15) is 12.2 Å². The van der Waals surface area contributed by atoms with Crippen LogP contribution in [0, 0.1) is 0 Å². The van der Waals surface area contributed by atoms with Crippen molar-refractivity contribution in [1.29, 1.82) is 0 Å². The van der Waals surface area contributed by atoms with Crippen molar-refractivity contribution in [1.82, 2.24) is 0 Å². The number of benzene rings is 2. The van der Waals surface area contributed by atoms with Crippen LogP contribution in [0.15, 0.2) is 60.7 Å². The third kappa shape index (κ3) is 6.88. The van der Waals surface area contributed by atoms with Gasteiger partial charge in [-0.15, -0.1) is 0 Å². The predicted molar refractivity (Wildman–Crippen MR) is 103 cm³/mol. The van der Waals surface area contributed by atoms with Crippen molar-refractivity contribution in [2.24, 2.45) is 0 Å². The standard InChI is InChI=1S/C22H26O6/c1-16(24)21(28-17(2)25)22(27-15-19-11-7-4-8-12-19)20(13-23)26-14-18-9-5-3-6-10-18/h3-13,16,20-22,24H,14-15H2,1-2H3/t16-,20-,21-,22-/m0/s1. The first-order valence-corrected chi connectivity index (χ1v) is 9.13.